The summed E-state index contributed by atoms with van der Waals surface area (Å²) >= 11 is 10.4. The fourth-order valence-electron chi connectivity index (χ4n) is 7.00. The molecule has 0 saturated heterocycles. The minimum Gasteiger partial charge on any atom is -0.142 e. The fraction of sp³-hybridized carbons (Fsp3) is 0.318. The van der Waals surface area contributed by atoms with Crippen LogP contribution < -0.4 is 0 Å². The van der Waals surface area contributed by atoms with Crippen LogP contribution in [-0.2, 0) is 10.8 Å². The van der Waals surface area contributed by atoms with Gasteiger partial charge in [0.25, 0.3) is 0 Å². The predicted octanol–water partition coefficient (Wildman–Crippen LogP) is 13.4. The number of thiol groups is 2. The fourth-order valence-corrected chi connectivity index (χ4v) is 7.74. The molecule has 0 radical (unpaired) electrons. The largest absolute Gasteiger partial charge is 0.142 e. The van der Waals surface area contributed by atoms with Crippen LogP contribution in [0.5, 0.6) is 0 Å². The van der Waals surface area contributed by atoms with Gasteiger partial charge in [0.2, 0.25) is 0 Å². The molecule has 0 fully saturated rings. The summed E-state index contributed by atoms with van der Waals surface area (Å²) in [5, 5.41) is 0. The third-order valence-electron chi connectivity index (χ3n) is 9.35. The Kier molecular flexibility index (Phi) is 9.23. The summed E-state index contributed by atoms with van der Waals surface area (Å²) in [6, 6.07) is 27.5. The van der Waals surface area contributed by atoms with Crippen molar-refractivity contribution < 1.29 is 0 Å². The summed E-state index contributed by atoms with van der Waals surface area (Å²) in [7, 11) is 0. The van der Waals surface area contributed by atoms with E-state index in [-0.39, 0.29) is 10.8 Å². The quantitative estimate of drug-likeness (QED) is 0.179. The normalized spacial score (nSPS) is 12.1. The van der Waals surface area contributed by atoms with Gasteiger partial charge in [-0.1, -0.05) is 101 Å². The van der Waals surface area contributed by atoms with Crippen molar-refractivity contribution >= 4 is 25.3 Å². The molecule has 0 aromatic heterocycles. The van der Waals surface area contributed by atoms with E-state index in [1.807, 2.05) is 0 Å². The molecule has 0 saturated carbocycles. The zero-order valence-corrected chi connectivity index (χ0v) is 31.6. The molecule has 2 heteroatoms. The lowest BCUT2D eigenvalue weighted by Crippen LogP contribution is -2.12. The third kappa shape index (κ3) is 6.62. The highest BCUT2D eigenvalue weighted by atomic mass is 32.1. The Balaban J connectivity index is 1.70. The van der Waals surface area contributed by atoms with Crippen molar-refractivity contribution in [3.63, 3.8) is 0 Å². The van der Waals surface area contributed by atoms with Crippen LogP contribution >= 0.6 is 25.3 Å². The number of aryl methyl sites for hydroxylation is 6. The zero-order valence-electron chi connectivity index (χ0n) is 29.8. The average molecular weight is 643 g/mol. The van der Waals surface area contributed by atoms with Gasteiger partial charge in [0, 0.05) is 9.79 Å². The molecule has 0 nitrogen and oxygen atoms in total. The van der Waals surface area contributed by atoms with Crippen molar-refractivity contribution in [1.82, 2.24) is 0 Å². The monoisotopic (exact) mass is 642 g/mol. The van der Waals surface area contributed by atoms with Gasteiger partial charge in [0.1, 0.15) is 0 Å². The SMILES string of the molecule is Cc1cc(C)c(-c2cc(C(C)(C)C)cc(-c3ccc(-c4cc(C(C)(C)C)cc(-c5c(C)cc(C)cc5C)c4S)cc3)c2S)c(C)c1. The highest BCUT2D eigenvalue weighted by molar-refractivity contribution is 7.80. The highest BCUT2D eigenvalue weighted by Crippen LogP contribution is 2.44. The second-order valence-electron chi connectivity index (χ2n) is 15.5. The molecule has 5 aromatic carbocycles. The molecule has 5 rings (SSSR count). The van der Waals surface area contributed by atoms with Gasteiger partial charge in [-0.3, -0.25) is 0 Å². The van der Waals surface area contributed by atoms with E-state index in [0.29, 0.717) is 0 Å². The Morgan fingerprint density at radius 1 is 0.391 bits per heavy atom. The first kappa shape index (κ1) is 34.1. The summed E-state index contributed by atoms with van der Waals surface area (Å²) < 4.78 is 0. The summed E-state index contributed by atoms with van der Waals surface area (Å²) in [5.41, 5.74) is 20.0. The Bertz CT molecular complexity index is 1770. The maximum atomic E-state index is 5.22. The minimum absolute atomic E-state index is 0.00556. The van der Waals surface area contributed by atoms with Gasteiger partial charge in [-0.2, -0.15) is 0 Å². The van der Waals surface area contributed by atoms with Crippen molar-refractivity contribution in [1.29, 1.82) is 0 Å². The van der Waals surface area contributed by atoms with E-state index in [0.717, 1.165) is 20.9 Å². The van der Waals surface area contributed by atoms with E-state index < -0.39 is 0 Å². The van der Waals surface area contributed by atoms with Crippen LogP contribution in [0.4, 0.5) is 0 Å². The maximum Gasteiger partial charge on any atom is 0.0198 e. The predicted molar refractivity (Wildman–Crippen MR) is 209 cm³/mol. The Labute approximate surface area is 289 Å². The van der Waals surface area contributed by atoms with Crippen molar-refractivity contribution in [2.75, 3.05) is 0 Å². The highest BCUT2D eigenvalue weighted by Gasteiger charge is 2.23. The molecular formula is C44H50S2. The molecule has 0 aliphatic rings. The average Bonchev–Trinajstić information content (AvgIpc) is 2.92. The van der Waals surface area contributed by atoms with Gasteiger partial charge >= 0.3 is 0 Å². The standard InChI is InChI=1S/C44H50S2/c1-25-17-27(3)39(28(4)18-25)37-23-33(43(7,8)9)21-35(41(37)45)31-13-15-32(16-14-31)36-22-34(44(10,11)12)24-38(42(36)46)40-29(5)19-26(2)20-30(40)6/h13-24,45-46H,1-12H3. The minimum atomic E-state index is -0.00556. The van der Waals surface area contributed by atoms with Crippen LogP contribution in [0, 0.1) is 41.5 Å². The topological polar surface area (TPSA) is 0 Å². The number of hydrogen-bond acceptors (Lipinski definition) is 2. The van der Waals surface area contributed by atoms with Gasteiger partial charge in [0.15, 0.2) is 0 Å². The lowest BCUT2D eigenvalue weighted by Gasteiger charge is -2.25. The third-order valence-corrected chi connectivity index (χ3v) is 10.3. The van der Waals surface area contributed by atoms with Gasteiger partial charge in [-0.05, 0) is 155 Å². The molecule has 46 heavy (non-hydrogen) atoms. The van der Waals surface area contributed by atoms with Crippen LogP contribution in [0.1, 0.15) is 86.1 Å². The first-order chi connectivity index (χ1) is 21.4. The van der Waals surface area contributed by atoms with E-state index >= 15 is 0 Å². The number of rotatable bonds is 4. The molecule has 0 aliphatic heterocycles. The molecule has 0 atom stereocenters. The van der Waals surface area contributed by atoms with Crippen molar-refractivity contribution in [3.05, 3.63) is 117 Å². The van der Waals surface area contributed by atoms with E-state index in [1.54, 1.807) is 0 Å². The molecule has 0 spiro atoms. The molecular weight excluding hydrogens is 593 g/mol. The van der Waals surface area contributed by atoms with Crippen LogP contribution in [0.15, 0.2) is 82.6 Å². The van der Waals surface area contributed by atoms with Gasteiger partial charge in [0.05, 0.1) is 0 Å². The molecule has 238 valence electrons. The molecule has 0 heterocycles. The number of hydrogen-bond donors (Lipinski definition) is 2. The van der Waals surface area contributed by atoms with E-state index in [4.69, 9.17) is 25.3 Å². The molecule has 0 bridgehead atoms. The molecule has 0 N–H and O–H groups in total. The number of benzene rings is 5. The van der Waals surface area contributed by atoms with Gasteiger partial charge in [-0.15, -0.1) is 25.3 Å². The summed E-state index contributed by atoms with van der Waals surface area (Å²) in [6.45, 7) is 26.9. The maximum absolute atomic E-state index is 5.22. The Morgan fingerprint density at radius 3 is 0.913 bits per heavy atom. The van der Waals surface area contributed by atoms with Gasteiger partial charge in [-0.25, -0.2) is 0 Å². The summed E-state index contributed by atoms with van der Waals surface area (Å²) in [5.74, 6) is 0. The first-order valence-corrected chi connectivity index (χ1v) is 17.3. The van der Waals surface area contributed by atoms with E-state index in [9.17, 15) is 0 Å². The lowest BCUT2D eigenvalue weighted by molar-refractivity contribution is 0.590. The van der Waals surface area contributed by atoms with Crippen molar-refractivity contribution in [2.45, 2.75) is 104 Å². The van der Waals surface area contributed by atoms with Crippen molar-refractivity contribution in [3.8, 4) is 44.5 Å². The lowest BCUT2D eigenvalue weighted by atomic mass is 9.81. The zero-order chi connectivity index (χ0) is 33.9. The Morgan fingerprint density at radius 2 is 0.652 bits per heavy atom. The van der Waals surface area contributed by atoms with Crippen LogP contribution in [0.2, 0.25) is 0 Å². The smallest absolute Gasteiger partial charge is 0.0198 e. The van der Waals surface area contributed by atoms with E-state index in [1.165, 1.54) is 77.9 Å². The molecule has 0 amide bonds. The van der Waals surface area contributed by atoms with Crippen LogP contribution in [-0.4, -0.2) is 0 Å². The molecule has 5 aromatic rings. The summed E-state index contributed by atoms with van der Waals surface area (Å²) in [4.78, 5) is 2.04. The molecule has 0 aliphatic carbocycles. The first-order valence-electron chi connectivity index (χ1n) is 16.4. The van der Waals surface area contributed by atoms with E-state index in [2.05, 4.69) is 156 Å². The molecule has 0 unspecified atom stereocenters. The second-order valence-corrected chi connectivity index (χ2v) is 16.4. The summed E-state index contributed by atoms with van der Waals surface area (Å²) in [6.07, 6.45) is 0. The van der Waals surface area contributed by atoms with Gasteiger partial charge < -0.3 is 0 Å². The van der Waals surface area contributed by atoms with Crippen LogP contribution in [0.3, 0.4) is 0 Å². The van der Waals surface area contributed by atoms with Crippen LogP contribution in [0.25, 0.3) is 44.5 Å². The Hall–Kier alpha value is -3.20. The second kappa shape index (κ2) is 12.4. The van der Waals surface area contributed by atoms with Crippen molar-refractivity contribution in [2.24, 2.45) is 0 Å².